The van der Waals surface area contributed by atoms with Gasteiger partial charge in [0.1, 0.15) is 11.2 Å². The summed E-state index contributed by atoms with van der Waals surface area (Å²) in [5.74, 6) is 0.451. The molecule has 1 aromatic rings. The summed E-state index contributed by atoms with van der Waals surface area (Å²) in [6, 6.07) is 5.36. The highest BCUT2D eigenvalue weighted by molar-refractivity contribution is 5.37. The number of aliphatic hydroxyl groups excluding tert-OH is 1. The van der Waals surface area contributed by atoms with Crippen molar-refractivity contribution in [3.63, 3.8) is 0 Å². The molecule has 1 atom stereocenters. The van der Waals surface area contributed by atoms with Crippen LogP contribution in [0.1, 0.15) is 5.56 Å². The van der Waals surface area contributed by atoms with Gasteiger partial charge in [0, 0.05) is 0 Å². The van der Waals surface area contributed by atoms with Gasteiger partial charge in [-0.1, -0.05) is 18.2 Å². The number of hydrogen-bond acceptors (Lipinski definition) is 2. The fourth-order valence-corrected chi connectivity index (χ4v) is 1.53. The van der Waals surface area contributed by atoms with E-state index in [9.17, 15) is 13.2 Å². The minimum absolute atomic E-state index is 0.0664. The third-order valence-electron chi connectivity index (χ3n) is 2.71. The Bertz CT molecular complexity index is 384. The summed E-state index contributed by atoms with van der Waals surface area (Å²) in [5, 5.41) is 9.07. The number of alkyl halides is 3. The quantitative estimate of drug-likeness (QED) is 0.828. The van der Waals surface area contributed by atoms with E-state index < -0.39 is 18.2 Å². The lowest BCUT2D eigenvalue weighted by Gasteiger charge is -2.31. The largest absolute Gasteiger partial charge is 0.497 e. The van der Waals surface area contributed by atoms with Crippen molar-refractivity contribution in [2.24, 2.45) is 0 Å². The molecule has 0 fully saturated rings. The van der Waals surface area contributed by atoms with E-state index in [0.717, 1.165) is 6.08 Å². The minimum atomic E-state index is -4.60. The van der Waals surface area contributed by atoms with Crippen LogP contribution in [0.5, 0.6) is 5.75 Å². The maximum absolute atomic E-state index is 13.0. The van der Waals surface area contributed by atoms with Gasteiger partial charge in [0.05, 0.1) is 13.7 Å². The zero-order valence-electron chi connectivity index (χ0n) is 9.29. The second-order valence-electron chi connectivity index (χ2n) is 3.56. The Labute approximate surface area is 97.3 Å². The zero-order chi connectivity index (χ0) is 13.1. The van der Waals surface area contributed by atoms with E-state index in [1.807, 2.05) is 0 Å². The predicted octanol–water partition coefficient (Wildman–Crippen LogP) is 2.67. The van der Waals surface area contributed by atoms with Crippen molar-refractivity contribution < 1.29 is 23.0 Å². The van der Waals surface area contributed by atoms with Crippen molar-refractivity contribution in [2.75, 3.05) is 13.7 Å². The number of benzene rings is 1. The molecule has 0 radical (unpaired) electrons. The summed E-state index contributed by atoms with van der Waals surface area (Å²) in [6.07, 6.45) is -3.88. The van der Waals surface area contributed by atoms with Crippen molar-refractivity contribution in [2.45, 2.75) is 11.6 Å². The summed E-state index contributed by atoms with van der Waals surface area (Å²) < 4.78 is 43.8. The van der Waals surface area contributed by atoms with Gasteiger partial charge >= 0.3 is 6.18 Å². The van der Waals surface area contributed by atoms with E-state index in [1.165, 1.54) is 31.4 Å². The first-order valence-electron chi connectivity index (χ1n) is 4.87. The molecular formula is C12H13F3O2. The molecule has 0 aliphatic rings. The van der Waals surface area contributed by atoms with Crippen molar-refractivity contribution >= 4 is 0 Å². The van der Waals surface area contributed by atoms with Crippen LogP contribution in [0.15, 0.2) is 36.9 Å². The molecule has 0 bridgehead atoms. The Morgan fingerprint density at radius 2 is 1.82 bits per heavy atom. The van der Waals surface area contributed by atoms with E-state index in [2.05, 4.69) is 6.58 Å². The van der Waals surface area contributed by atoms with E-state index in [-0.39, 0.29) is 5.56 Å². The van der Waals surface area contributed by atoms with Gasteiger partial charge in [0.25, 0.3) is 0 Å². The molecule has 0 heterocycles. The molecule has 0 saturated heterocycles. The highest BCUT2D eigenvalue weighted by Gasteiger charge is 2.53. The first-order chi connectivity index (χ1) is 7.91. The van der Waals surface area contributed by atoms with Crippen LogP contribution in [0, 0.1) is 0 Å². The maximum atomic E-state index is 13.0. The highest BCUT2D eigenvalue weighted by Crippen LogP contribution is 2.42. The molecular weight excluding hydrogens is 233 g/mol. The zero-order valence-corrected chi connectivity index (χ0v) is 9.29. The van der Waals surface area contributed by atoms with Crippen molar-refractivity contribution in [3.05, 3.63) is 42.5 Å². The molecule has 5 heteroatoms. The molecule has 0 aliphatic carbocycles. The normalized spacial score (nSPS) is 15.1. The highest BCUT2D eigenvalue weighted by atomic mass is 19.4. The summed E-state index contributed by atoms with van der Waals surface area (Å²) in [6.45, 7) is 2.10. The lowest BCUT2D eigenvalue weighted by Crippen LogP contribution is -2.43. The number of methoxy groups -OCH3 is 1. The second kappa shape index (κ2) is 4.79. The van der Waals surface area contributed by atoms with Crippen molar-refractivity contribution in [3.8, 4) is 5.75 Å². The van der Waals surface area contributed by atoms with Gasteiger partial charge in [-0.25, -0.2) is 0 Å². The Kier molecular flexibility index (Phi) is 3.83. The first-order valence-corrected chi connectivity index (χ1v) is 4.87. The average molecular weight is 246 g/mol. The molecule has 1 N–H and O–H groups in total. The van der Waals surface area contributed by atoms with Crippen LogP contribution in [0.3, 0.4) is 0 Å². The predicted molar refractivity (Wildman–Crippen MR) is 58.0 cm³/mol. The van der Waals surface area contributed by atoms with E-state index >= 15 is 0 Å². The van der Waals surface area contributed by atoms with Gasteiger partial charge in [0.15, 0.2) is 0 Å². The molecule has 0 aliphatic heterocycles. The summed E-state index contributed by atoms with van der Waals surface area (Å²) in [7, 11) is 1.42. The van der Waals surface area contributed by atoms with Crippen molar-refractivity contribution in [1.29, 1.82) is 0 Å². The van der Waals surface area contributed by atoms with Gasteiger partial charge in [0.2, 0.25) is 0 Å². The summed E-state index contributed by atoms with van der Waals surface area (Å²) in [4.78, 5) is 0. The topological polar surface area (TPSA) is 29.5 Å². The van der Waals surface area contributed by atoms with Crippen molar-refractivity contribution in [1.82, 2.24) is 0 Å². The maximum Gasteiger partial charge on any atom is 0.404 e. The molecule has 0 unspecified atom stereocenters. The van der Waals surface area contributed by atoms with Crippen LogP contribution >= 0.6 is 0 Å². The summed E-state index contributed by atoms with van der Waals surface area (Å²) >= 11 is 0. The van der Waals surface area contributed by atoms with E-state index in [1.54, 1.807) is 0 Å². The molecule has 0 spiro atoms. The van der Waals surface area contributed by atoms with Crippen LogP contribution in [0.2, 0.25) is 0 Å². The van der Waals surface area contributed by atoms with Crippen LogP contribution < -0.4 is 4.74 Å². The molecule has 2 nitrogen and oxygen atoms in total. The Morgan fingerprint density at radius 1 is 1.29 bits per heavy atom. The van der Waals surface area contributed by atoms with Crippen LogP contribution in [0.4, 0.5) is 13.2 Å². The Balaban J connectivity index is 3.27. The number of aliphatic hydroxyl groups is 1. The molecule has 0 amide bonds. The Hall–Kier alpha value is -1.49. The van der Waals surface area contributed by atoms with E-state index in [0.29, 0.717) is 5.75 Å². The molecule has 1 rings (SSSR count). The smallest absolute Gasteiger partial charge is 0.404 e. The van der Waals surface area contributed by atoms with E-state index in [4.69, 9.17) is 9.84 Å². The second-order valence-corrected chi connectivity index (χ2v) is 3.56. The fourth-order valence-electron chi connectivity index (χ4n) is 1.53. The standard InChI is InChI=1S/C12H13F3O2/c1-3-11(8-16,12(13,14)15)9-4-6-10(17-2)7-5-9/h3-7,16H,1,8H2,2H3/t11-/m0/s1. The lowest BCUT2D eigenvalue weighted by atomic mass is 9.80. The average Bonchev–Trinajstić information content (AvgIpc) is 2.30. The fraction of sp³-hybridized carbons (Fsp3) is 0.333. The van der Waals surface area contributed by atoms with Gasteiger partial charge in [-0.05, 0) is 17.7 Å². The molecule has 0 aromatic heterocycles. The number of ether oxygens (including phenoxy) is 1. The summed E-state index contributed by atoms with van der Waals surface area (Å²) in [5.41, 5.74) is -2.50. The third-order valence-corrected chi connectivity index (χ3v) is 2.71. The molecule has 17 heavy (non-hydrogen) atoms. The van der Waals surface area contributed by atoms with Crippen LogP contribution in [0.25, 0.3) is 0 Å². The minimum Gasteiger partial charge on any atom is -0.497 e. The first kappa shape index (κ1) is 13.6. The van der Waals surface area contributed by atoms with Gasteiger partial charge in [-0.2, -0.15) is 13.2 Å². The van der Waals surface area contributed by atoms with Gasteiger partial charge in [-0.15, -0.1) is 6.58 Å². The third kappa shape index (κ3) is 2.29. The number of halogens is 3. The van der Waals surface area contributed by atoms with Gasteiger partial charge in [-0.3, -0.25) is 0 Å². The van der Waals surface area contributed by atoms with Gasteiger partial charge < -0.3 is 9.84 Å². The monoisotopic (exact) mass is 246 g/mol. The van der Waals surface area contributed by atoms with Crippen LogP contribution in [-0.4, -0.2) is 25.0 Å². The van der Waals surface area contributed by atoms with Crippen LogP contribution in [-0.2, 0) is 5.41 Å². The molecule has 0 saturated carbocycles. The Morgan fingerprint density at radius 3 is 2.12 bits per heavy atom. The number of hydrogen-bond donors (Lipinski definition) is 1. The SMILES string of the molecule is C=C[C@](CO)(c1ccc(OC)cc1)C(F)(F)F. The molecule has 1 aromatic carbocycles. The number of rotatable bonds is 4. The lowest BCUT2D eigenvalue weighted by molar-refractivity contribution is -0.185. The molecule has 94 valence electrons.